The lowest BCUT2D eigenvalue weighted by molar-refractivity contribution is -0.143. The Morgan fingerprint density at radius 2 is 1.42 bits per heavy atom. The number of ether oxygens (including phenoxy) is 1. The Morgan fingerprint density at radius 1 is 1.00 bits per heavy atom. The third kappa shape index (κ3) is 6.54. The topological polar surface area (TPSA) is 46.5 Å². The minimum Gasteiger partial charge on any atom is -0.507 e. The lowest BCUT2D eigenvalue weighted by atomic mass is 9.78. The van der Waals surface area contributed by atoms with E-state index in [0.717, 1.165) is 16.7 Å². The quantitative estimate of drug-likeness (QED) is 0.737. The molecule has 3 heteroatoms. The van der Waals surface area contributed by atoms with Crippen LogP contribution in [0, 0.1) is 0 Å². The highest BCUT2D eigenvalue weighted by atomic mass is 16.5. The maximum Gasteiger partial charge on any atom is 0.306 e. The van der Waals surface area contributed by atoms with Crippen LogP contribution in [0.15, 0.2) is 12.1 Å². The SMILES string of the molecule is CC.CCOC(=O)CCc1cc(C(C)(C)C)c(O)c(C(C)(C)C)c1. The lowest BCUT2D eigenvalue weighted by Crippen LogP contribution is -2.18. The highest BCUT2D eigenvalue weighted by Crippen LogP contribution is 2.39. The number of hydrogen-bond donors (Lipinski definition) is 1. The van der Waals surface area contributed by atoms with E-state index in [1.54, 1.807) is 0 Å². The van der Waals surface area contributed by atoms with Gasteiger partial charge in [-0.2, -0.15) is 0 Å². The van der Waals surface area contributed by atoms with Crippen molar-refractivity contribution in [2.45, 2.75) is 86.0 Å². The van der Waals surface area contributed by atoms with Crippen molar-refractivity contribution in [3.05, 3.63) is 28.8 Å². The molecule has 0 saturated heterocycles. The van der Waals surface area contributed by atoms with Gasteiger partial charge in [0, 0.05) is 6.42 Å². The van der Waals surface area contributed by atoms with E-state index in [9.17, 15) is 9.90 Å². The van der Waals surface area contributed by atoms with E-state index in [1.807, 2.05) is 32.9 Å². The molecule has 0 unspecified atom stereocenters. The highest BCUT2D eigenvalue weighted by molar-refractivity contribution is 5.69. The lowest BCUT2D eigenvalue weighted by Gasteiger charge is -2.28. The molecule has 0 aliphatic rings. The zero-order chi connectivity index (χ0) is 19.1. The molecule has 1 aromatic rings. The second-order valence-electron chi connectivity index (χ2n) is 7.84. The summed E-state index contributed by atoms with van der Waals surface area (Å²) in [5.74, 6) is 0.199. The molecule has 1 aromatic carbocycles. The molecule has 0 radical (unpaired) electrons. The molecule has 0 bridgehead atoms. The van der Waals surface area contributed by atoms with Crippen molar-refractivity contribution in [3.63, 3.8) is 0 Å². The standard InChI is InChI=1S/C19H30O3.C2H6/c1-8-22-16(20)10-9-13-11-14(18(2,3)4)17(21)15(12-13)19(5,6)7;1-2/h11-12,21H,8-10H2,1-7H3;1-2H3. The number of carbonyl (C=O) groups excluding carboxylic acids is 1. The summed E-state index contributed by atoms with van der Waals surface area (Å²) in [4.78, 5) is 11.6. The molecule has 0 spiro atoms. The molecule has 0 fully saturated rings. The molecule has 138 valence electrons. The van der Waals surface area contributed by atoms with Gasteiger partial charge in [0.05, 0.1) is 6.61 Å². The van der Waals surface area contributed by atoms with Crippen molar-refractivity contribution in [2.24, 2.45) is 0 Å². The predicted molar refractivity (Wildman–Crippen MR) is 102 cm³/mol. The second-order valence-corrected chi connectivity index (χ2v) is 7.84. The van der Waals surface area contributed by atoms with Crippen molar-refractivity contribution in [3.8, 4) is 5.75 Å². The van der Waals surface area contributed by atoms with Gasteiger partial charge in [-0.1, -0.05) is 67.5 Å². The van der Waals surface area contributed by atoms with Gasteiger partial charge >= 0.3 is 5.97 Å². The Kier molecular flexibility index (Phi) is 8.53. The Hall–Kier alpha value is -1.51. The molecule has 0 atom stereocenters. The van der Waals surface area contributed by atoms with Gasteiger partial charge in [0.15, 0.2) is 0 Å². The number of aryl methyl sites for hydroxylation is 1. The molecule has 0 aromatic heterocycles. The van der Waals surface area contributed by atoms with E-state index < -0.39 is 0 Å². The fraction of sp³-hybridized carbons (Fsp3) is 0.667. The fourth-order valence-electron chi connectivity index (χ4n) is 2.46. The summed E-state index contributed by atoms with van der Waals surface area (Å²) in [6, 6.07) is 4.04. The first-order valence-corrected chi connectivity index (χ1v) is 8.99. The van der Waals surface area contributed by atoms with Crippen LogP contribution >= 0.6 is 0 Å². The number of aromatic hydroxyl groups is 1. The van der Waals surface area contributed by atoms with Crippen molar-refractivity contribution in [1.82, 2.24) is 0 Å². The van der Waals surface area contributed by atoms with Crippen LogP contribution in [-0.4, -0.2) is 17.7 Å². The van der Waals surface area contributed by atoms with Crippen LogP contribution in [0.25, 0.3) is 0 Å². The van der Waals surface area contributed by atoms with Gasteiger partial charge in [-0.15, -0.1) is 0 Å². The summed E-state index contributed by atoms with van der Waals surface area (Å²) in [7, 11) is 0. The molecule has 0 aliphatic carbocycles. The normalized spacial score (nSPS) is 11.5. The third-order valence-electron chi connectivity index (χ3n) is 3.71. The second kappa shape index (κ2) is 9.10. The molecule has 3 nitrogen and oxygen atoms in total. The minimum atomic E-state index is -0.176. The predicted octanol–water partition coefficient (Wildman–Crippen LogP) is 5.51. The van der Waals surface area contributed by atoms with Gasteiger partial charge in [-0.25, -0.2) is 0 Å². The molecule has 0 saturated carbocycles. The van der Waals surface area contributed by atoms with E-state index in [-0.39, 0.29) is 16.8 Å². The Balaban J connectivity index is 0.00000254. The molecule has 0 heterocycles. The average Bonchev–Trinajstić information content (AvgIpc) is 2.46. The summed E-state index contributed by atoms with van der Waals surface area (Å²) in [5.41, 5.74) is 2.63. The number of rotatable bonds is 4. The van der Waals surface area contributed by atoms with Gasteiger partial charge in [0.2, 0.25) is 0 Å². The minimum absolute atomic E-state index is 0.149. The largest absolute Gasteiger partial charge is 0.507 e. The first-order valence-electron chi connectivity index (χ1n) is 8.99. The van der Waals surface area contributed by atoms with Gasteiger partial charge < -0.3 is 9.84 Å². The van der Waals surface area contributed by atoms with Gasteiger partial charge in [-0.05, 0) is 40.9 Å². The maximum absolute atomic E-state index is 11.6. The molecule has 0 aliphatic heterocycles. The van der Waals surface area contributed by atoms with E-state index in [0.29, 0.717) is 25.2 Å². The van der Waals surface area contributed by atoms with Gasteiger partial charge in [0.25, 0.3) is 0 Å². The Morgan fingerprint density at radius 3 is 1.75 bits per heavy atom. The smallest absolute Gasteiger partial charge is 0.306 e. The Bertz CT molecular complexity index is 496. The van der Waals surface area contributed by atoms with E-state index >= 15 is 0 Å². The zero-order valence-corrected chi connectivity index (χ0v) is 17.0. The van der Waals surface area contributed by atoms with E-state index in [2.05, 4.69) is 41.5 Å². The third-order valence-corrected chi connectivity index (χ3v) is 3.71. The van der Waals surface area contributed by atoms with Crippen molar-refractivity contribution >= 4 is 5.97 Å². The van der Waals surface area contributed by atoms with E-state index in [1.165, 1.54) is 0 Å². The first-order chi connectivity index (χ1) is 11.0. The van der Waals surface area contributed by atoms with Crippen molar-refractivity contribution in [1.29, 1.82) is 0 Å². The van der Waals surface area contributed by atoms with Crippen LogP contribution in [0.4, 0.5) is 0 Å². The fourth-order valence-corrected chi connectivity index (χ4v) is 2.46. The van der Waals surface area contributed by atoms with Gasteiger partial charge in [0.1, 0.15) is 5.75 Å². The van der Waals surface area contributed by atoms with Crippen molar-refractivity contribution in [2.75, 3.05) is 6.61 Å². The molecular formula is C21H36O3. The van der Waals surface area contributed by atoms with Crippen LogP contribution < -0.4 is 0 Å². The number of esters is 1. The van der Waals surface area contributed by atoms with Crippen LogP contribution in [-0.2, 0) is 26.8 Å². The first kappa shape index (κ1) is 22.5. The summed E-state index contributed by atoms with van der Waals surface area (Å²) < 4.78 is 4.99. The summed E-state index contributed by atoms with van der Waals surface area (Å²) in [6.45, 7) is 18.7. The summed E-state index contributed by atoms with van der Waals surface area (Å²) >= 11 is 0. The molecule has 24 heavy (non-hydrogen) atoms. The number of hydrogen-bond acceptors (Lipinski definition) is 3. The summed E-state index contributed by atoms with van der Waals surface area (Å²) in [6.07, 6.45) is 0.997. The zero-order valence-electron chi connectivity index (χ0n) is 17.0. The molecule has 1 N–H and O–H groups in total. The number of carbonyl (C=O) groups is 1. The van der Waals surface area contributed by atoms with Crippen LogP contribution in [0.5, 0.6) is 5.75 Å². The number of phenols is 1. The number of phenolic OH excluding ortho intramolecular Hbond substituents is 1. The molecular weight excluding hydrogens is 300 g/mol. The van der Waals surface area contributed by atoms with Crippen LogP contribution in [0.3, 0.4) is 0 Å². The number of benzene rings is 1. The van der Waals surface area contributed by atoms with Gasteiger partial charge in [-0.3, -0.25) is 4.79 Å². The van der Waals surface area contributed by atoms with Crippen molar-refractivity contribution < 1.29 is 14.6 Å². The van der Waals surface area contributed by atoms with Crippen LogP contribution in [0.1, 0.15) is 85.4 Å². The average molecular weight is 337 g/mol. The highest BCUT2D eigenvalue weighted by Gasteiger charge is 2.26. The summed E-state index contributed by atoms with van der Waals surface area (Å²) in [5, 5.41) is 10.7. The maximum atomic E-state index is 11.6. The monoisotopic (exact) mass is 336 g/mol. The Labute approximate surface area is 148 Å². The molecule has 0 amide bonds. The van der Waals surface area contributed by atoms with E-state index in [4.69, 9.17) is 4.74 Å². The molecule has 1 rings (SSSR count). The van der Waals surface area contributed by atoms with Crippen LogP contribution in [0.2, 0.25) is 0 Å².